The van der Waals surface area contributed by atoms with E-state index in [1.165, 1.54) is 0 Å². The molecular weight excluding hydrogens is 626 g/mol. The van der Waals surface area contributed by atoms with Gasteiger partial charge < -0.3 is 19.3 Å². The molecule has 2 fully saturated rings. The smallest absolute Gasteiger partial charge is 0.412 e. The number of nitrogens with zero attached hydrogens (tertiary/aromatic N) is 7. The van der Waals surface area contributed by atoms with Crippen molar-refractivity contribution in [3.05, 3.63) is 40.7 Å². The highest BCUT2D eigenvalue weighted by Gasteiger charge is 2.35. The maximum Gasteiger partial charge on any atom is 0.412 e. The number of rotatable bonds is 5. The van der Waals surface area contributed by atoms with Crippen molar-refractivity contribution >= 4 is 49.4 Å². The van der Waals surface area contributed by atoms with E-state index in [0.717, 1.165) is 62.1 Å². The van der Waals surface area contributed by atoms with Crippen LogP contribution in [0.5, 0.6) is 0 Å². The summed E-state index contributed by atoms with van der Waals surface area (Å²) in [4.78, 5) is 33.3. The summed E-state index contributed by atoms with van der Waals surface area (Å²) in [7, 11) is 4.33. The Bertz CT molecular complexity index is 1950. The lowest BCUT2D eigenvalue weighted by molar-refractivity contribution is 0.0636. The lowest BCUT2D eigenvalue weighted by atomic mass is 9.94. The van der Waals surface area contributed by atoms with Gasteiger partial charge >= 0.3 is 6.09 Å². The Kier molecular flexibility index (Phi) is 7.99. The molecule has 3 aliphatic rings. The van der Waals surface area contributed by atoms with Gasteiger partial charge in [-0.25, -0.2) is 23.5 Å². The topological polar surface area (TPSA) is 120 Å². The summed E-state index contributed by atoms with van der Waals surface area (Å²) in [6, 6.07) is 2.91. The molecule has 11 nitrogen and oxygen atoms in total. The van der Waals surface area contributed by atoms with Crippen LogP contribution < -0.4 is 10.2 Å². The molecule has 2 saturated heterocycles. The van der Waals surface area contributed by atoms with Gasteiger partial charge in [0.05, 0.1) is 35.4 Å². The summed E-state index contributed by atoms with van der Waals surface area (Å²) in [5.74, 6) is -0.902. The molecule has 0 radical (unpaired) electrons. The van der Waals surface area contributed by atoms with Gasteiger partial charge in [-0.3, -0.25) is 15.2 Å². The maximum absolute atomic E-state index is 16.9. The van der Waals surface area contributed by atoms with Crippen LogP contribution >= 0.6 is 11.3 Å². The molecule has 14 heteroatoms. The summed E-state index contributed by atoms with van der Waals surface area (Å²) in [5, 5.41) is 13.5. The number of likely N-dealkylation sites (tertiary alicyclic amines) is 1. The van der Waals surface area contributed by atoms with Crippen LogP contribution in [-0.2, 0) is 22.7 Å². The monoisotopic (exact) mass is 662 g/mol. The maximum atomic E-state index is 16.9. The largest absolute Gasteiger partial charge is 0.444 e. The number of anilines is 2. The Morgan fingerprint density at radius 1 is 1.15 bits per heavy atom. The summed E-state index contributed by atoms with van der Waals surface area (Å²) in [6.45, 7) is 9.07. The Morgan fingerprint density at radius 2 is 1.89 bits per heavy atom. The highest BCUT2D eigenvalue weighted by molar-refractivity contribution is 7.23. The number of hydrogen-bond donors (Lipinski definition) is 1. The molecule has 0 aliphatic carbocycles. The van der Waals surface area contributed by atoms with Crippen molar-refractivity contribution in [1.29, 1.82) is 5.26 Å². The van der Waals surface area contributed by atoms with Crippen LogP contribution in [0.2, 0.25) is 0 Å². The minimum absolute atomic E-state index is 0.0333. The van der Waals surface area contributed by atoms with Crippen LogP contribution in [-0.4, -0.2) is 88.8 Å². The number of pyridine rings is 1. The number of fused-ring (bicyclic) bond motifs is 4. The summed E-state index contributed by atoms with van der Waals surface area (Å²) in [5.41, 5.74) is 0.747. The minimum atomic E-state index is -0.795. The third kappa shape index (κ3) is 5.65. The Hall–Kier alpha value is -4.03. The Balaban J connectivity index is 1.30. The first-order valence-electron chi connectivity index (χ1n) is 15.7. The van der Waals surface area contributed by atoms with Crippen LogP contribution in [0, 0.1) is 23.0 Å². The first-order chi connectivity index (χ1) is 22.4. The second-order valence-electron chi connectivity index (χ2n) is 13.5. The lowest BCUT2D eigenvalue weighted by Crippen LogP contribution is -2.43. The van der Waals surface area contributed by atoms with Gasteiger partial charge in [-0.05, 0) is 65.4 Å². The van der Waals surface area contributed by atoms with Gasteiger partial charge in [0.1, 0.15) is 22.2 Å². The Labute approximate surface area is 275 Å². The second kappa shape index (κ2) is 11.9. The molecule has 4 aromatic rings. The molecule has 0 bridgehead atoms. The lowest BCUT2D eigenvalue weighted by Gasteiger charge is -2.30. The number of likely N-dealkylation sites (N-methyl/N-ethyl adjacent to an activating group) is 2. The van der Waals surface area contributed by atoms with Gasteiger partial charge in [0, 0.05) is 54.3 Å². The van der Waals surface area contributed by atoms with Crippen LogP contribution in [0.1, 0.15) is 50.3 Å². The van der Waals surface area contributed by atoms with Gasteiger partial charge in [-0.1, -0.05) is 0 Å². The van der Waals surface area contributed by atoms with Crippen LogP contribution in [0.3, 0.4) is 0 Å². The quantitative estimate of drug-likeness (QED) is 0.287. The van der Waals surface area contributed by atoms with E-state index >= 15 is 8.78 Å². The zero-order valence-corrected chi connectivity index (χ0v) is 27.8. The number of carbonyl (C=O) groups excluding carboxylic acids is 1. The molecule has 2 atom stereocenters. The van der Waals surface area contributed by atoms with Crippen molar-refractivity contribution in [3.8, 4) is 17.3 Å². The highest BCUT2D eigenvalue weighted by atomic mass is 32.1. The molecule has 0 spiro atoms. The molecule has 3 aromatic heterocycles. The SMILES string of the molecule is CN1CC[C@@H](N(C)[C@@H]2CCN(c3ncc4c5c(c(-c6ncc(F)c7sc(NC(=O)OC(C)(C)C)c(C#N)c67)c(F)c4n3)COC5)C2)C1. The number of benzene rings is 1. The number of ether oxygens (including phenoxy) is 2. The van der Waals surface area contributed by atoms with Gasteiger partial charge in [0.25, 0.3) is 0 Å². The van der Waals surface area contributed by atoms with E-state index in [1.807, 2.05) is 0 Å². The molecule has 47 heavy (non-hydrogen) atoms. The van der Waals surface area contributed by atoms with E-state index in [0.29, 0.717) is 29.0 Å². The standard InChI is InChI=1S/C33H36F2N8O3S/c1-33(2,3)46-32(44)40-30-19(10-36)25-28(37-12-23(34)29(25)47-30)24-22-16-45-15-21(22)20-11-38-31(39-27(20)26(24)35)43-9-7-18(14-43)42(5)17-6-8-41(4)13-17/h11-12,17-18H,6-9,13-16H2,1-5H3,(H,40,44)/t17-,18-/m1/s1. The Morgan fingerprint density at radius 3 is 2.62 bits per heavy atom. The minimum Gasteiger partial charge on any atom is -0.444 e. The van der Waals surface area contributed by atoms with Gasteiger partial charge in [0.15, 0.2) is 11.6 Å². The zero-order valence-electron chi connectivity index (χ0n) is 27.0. The van der Waals surface area contributed by atoms with E-state index in [9.17, 15) is 10.1 Å². The van der Waals surface area contributed by atoms with E-state index in [1.54, 1.807) is 27.0 Å². The summed E-state index contributed by atoms with van der Waals surface area (Å²) in [6.07, 6.45) is 3.96. The number of halogens is 2. The van der Waals surface area contributed by atoms with E-state index < -0.39 is 23.3 Å². The second-order valence-corrected chi connectivity index (χ2v) is 14.6. The molecule has 246 valence electrons. The van der Waals surface area contributed by atoms with Crippen molar-refractivity contribution in [1.82, 2.24) is 24.8 Å². The van der Waals surface area contributed by atoms with Gasteiger partial charge in [-0.15, -0.1) is 11.3 Å². The fourth-order valence-electron chi connectivity index (χ4n) is 6.95. The normalized spacial score (nSPS) is 20.0. The number of aromatic nitrogens is 3. The molecule has 0 saturated carbocycles. The number of nitriles is 1. The summed E-state index contributed by atoms with van der Waals surface area (Å²) >= 11 is 0.870. The summed E-state index contributed by atoms with van der Waals surface area (Å²) < 4.78 is 43.3. The predicted octanol–water partition coefficient (Wildman–Crippen LogP) is 5.65. The number of nitrogens with one attached hydrogen (secondary N) is 1. The molecule has 0 unspecified atom stereocenters. The average Bonchev–Trinajstić information content (AvgIpc) is 3.83. The predicted molar refractivity (Wildman–Crippen MR) is 175 cm³/mol. The van der Waals surface area contributed by atoms with E-state index in [-0.39, 0.29) is 50.6 Å². The van der Waals surface area contributed by atoms with Crippen molar-refractivity contribution in [3.63, 3.8) is 0 Å². The first-order valence-corrected chi connectivity index (χ1v) is 16.5. The van der Waals surface area contributed by atoms with Gasteiger partial charge in [0.2, 0.25) is 5.95 Å². The fraction of sp³-hybridized carbons (Fsp3) is 0.485. The third-order valence-corrected chi connectivity index (χ3v) is 10.4. The van der Waals surface area contributed by atoms with Crippen molar-refractivity contribution in [2.24, 2.45) is 0 Å². The molecular formula is C33H36F2N8O3S. The number of thiophene rings is 1. The number of hydrogen-bond acceptors (Lipinski definition) is 11. The molecule has 1 aromatic carbocycles. The van der Waals surface area contributed by atoms with Crippen molar-refractivity contribution in [2.75, 3.05) is 50.5 Å². The third-order valence-electron chi connectivity index (χ3n) is 9.28. The molecule has 6 heterocycles. The van der Waals surface area contributed by atoms with Crippen molar-refractivity contribution in [2.45, 2.75) is 64.5 Å². The van der Waals surface area contributed by atoms with E-state index in [4.69, 9.17) is 14.5 Å². The number of carbonyl (C=O) groups is 1. The van der Waals surface area contributed by atoms with Crippen LogP contribution in [0.25, 0.3) is 32.2 Å². The van der Waals surface area contributed by atoms with Gasteiger partial charge in [-0.2, -0.15) is 5.26 Å². The molecule has 3 aliphatic heterocycles. The van der Waals surface area contributed by atoms with E-state index in [2.05, 4.69) is 50.1 Å². The molecule has 7 rings (SSSR count). The van der Waals surface area contributed by atoms with Crippen LogP contribution in [0.15, 0.2) is 12.4 Å². The highest BCUT2D eigenvalue weighted by Crippen LogP contribution is 2.46. The molecule has 1 amide bonds. The number of amides is 1. The first kappa shape index (κ1) is 31.6. The fourth-order valence-corrected chi connectivity index (χ4v) is 7.99. The average molecular weight is 663 g/mol. The molecule has 1 N–H and O–H groups in total. The van der Waals surface area contributed by atoms with Crippen molar-refractivity contribution < 1.29 is 23.0 Å². The zero-order chi connectivity index (χ0) is 33.2. The van der Waals surface area contributed by atoms with Crippen LogP contribution in [0.4, 0.5) is 24.5 Å².